The van der Waals surface area contributed by atoms with E-state index in [1.54, 1.807) is 0 Å². The maximum atomic E-state index is 2.66. The predicted octanol–water partition coefficient (Wildman–Crippen LogP) is -1.11. The summed E-state index contributed by atoms with van der Waals surface area (Å²) >= 11 is 3.28. The number of hydrogen-bond donors (Lipinski definition) is 0. The molecule has 0 aliphatic rings. The Bertz CT molecular complexity index is 103. The van der Waals surface area contributed by atoms with Gasteiger partial charge in [-0.2, -0.15) is 0 Å². The summed E-state index contributed by atoms with van der Waals surface area (Å²) in [5.74, 6) is 0. The van der Waals surface area contributed by atoms with Crippen molar-refractivity contribution in [2.75, 3.05) is 40.3 Å². The quantitative estimate of drug-likeness (QED) is 0.371. The van der Waals surface area contributed by atoms with Gasteiger partial charge in [-0.15, -0.1) is 0 Å². The summed E-state index contributed by atoms with van der Waals surface area (Å²) in [6.45, 7) is 5.06. The molecule has 0 atom stereocenters. The molecule has 0 spiro atoms. The van der Waals surface area contributed by atoms with Crippen LogP contribution in [0.1, 0.15) is 0 Å². The fraction of sp³-hybridized carbons (Fsp3) is 1.00. The molecule has 0 radical (unpaired) electrons. The van der Waals surface area contributed by atoms with Gasteiger partial charge in [0, 0.05) is 0 Å². The molecule has 0 aromatic carbocycles. The van der Waals surface area contributed by atoms with Gasteiger partial charge in [0.1, 0.15) is 0 Å². The normalized spacial score (nSPS) is 11.9. The second-order valence-electron chi connectivity index (χ2n) is 3.52. The first-order chi connectivity index (χ1) is 5.52. The third kappa shape index (κ3) is 11.9. The summed E-state index contributed by atoms with van der Waals surface area (Å²) < 4.78 is 5.15. The molecule has 0 unspecified atom stereocenters. The van der Waals surface area contributed by atoms with Crippen molar-refractivity contribution < 1.29 is 62.7 Å². The second-order valence-corrected chi connectivity index (χ2v) is 33.3. The van der Waals surface area contributed by atoms with Crippen molar-refractivity contribution in [2.45, 2.75) is 0 Å². The minimum absolute atomic E-state index is 0.657. The van der Waals surface area contributed by atoms with Crippen LogP contribution in [0.2, 0.25) is 0 Å². The number of rotatable bonds is 6. The van der Waals surface area contributed by atoms with Crippen LogP contribution in [0, 0.1) is 43.2 Å². The molecule has 0 bridgehead atoms. The van der Waals surface area contributed by atoms with Gasteiger partial charge in [-0.3, -0.25) is 0 Å². The zero-order valence-electron chi connectivity index (χ0n) is 8.55. The molecule has 0 rings (SSSR count). The van der Waals surface area contributed by atoms with Crippen LogP contribution in [0.5, 0.6) is 0 Å². The van der Waals surface area contributed by atoms with Crippen LogP contribution in [0.3, 0.4) is 0 Å². The first-order valence-corrected chi connectivity index (χ1v) is 11.3. The molecule has 3 nitrogen and oxygen atoms in total. The fourth-order valence-corrected chi connectivity index (χ4v) is 2.59. The summed E-state index contributed by atoms with van der Waals surface area (Å²) in [5, 5.41) is 0. The molecule has 0 N–H and O–H groups in total. The van der Waals surface area contributed by atoms with Gasteiger partial charge in [-0.1, -0.05) is 0 Å². The van der Waals surface area contributed by atoms with E-state index in [1.165, 1.54) is 26.2 Å². The fourth-order valence-electron chi connectivity index (χ4n) is 0.729. The molecule has 0 aliphatic heterocycles. The van der Waals surface area contributed by atoms with Gasteiger partial charge in [0.05, 0.1) is 0 Å². The van der Waals surface area contributed by atoms with Crippen LogP contribution in [-0.2, 0) is 19.4 Å². The molecule has 64 valence electrons. The first-order valence-electron chi connectivity index (χ1n) is 4.22. The van der Waals surface area contributed by atoms with E-state index in [9.17, 15) is 0 Å². The molecule has 0 saturated carbocycles. The molecule has 0 heterocycles. The Kier molecular flexibility index (Phi) is 13.2. The Morgan fingerprint density at radius 1 is 1.17 bits per heavy atom. The number of nitrogens with zero attached hydrogens (tertiary/aromatic N) is 3. The van der Waals surface area contributed by atoms with E-state index in [1.807, 2.05) is 19.4 Å². The van der Waals surface area contributed by atoms with Crippen molar-refractivity contribution in [1.29, 1.82) is 0 Å². The Balaban J connectivity index is 3.27. The van der Waals surface area contributed by atoms with E-state index in [2.05, 4.69) is 16.7 Å². The van der Waals surface area contributed by atoms with Crippen LogP contribution in [-0.4, -0.2) is 98.9 Å². The van der Waals surface area contributed by atoms with E-state index in [-0.39, 0.29) is 0 Å². The van der Waals surface area contributed by atoms with E-state index in [4.69, 9.17) is 0 Å². The van der Waals surface area contributed by atoms with Crippen molar-refractivity contribution >= 4 is 56.0 Å². The summed E-state index contributed by atoms with van der Waals surface area (Å²) in [4.78, 5) is 2.25. The van der Waals surface area contributed by atoms with Crippen molar-refractivity contribution in [3.05, 3.63) is 0 Å². The van der Waals surface area contributed by atoms with Gasteiger partial charge in [-0.25, -0.2) is 0 Å². The summed E-state index contributed by atoms with van der Waals surface area (Å²) in [6.07, 6.45) is 0. The zero-order valence-corrected chi connectivity index (χ0v) is 24.4. The van der Waals surface area contributed by atoms with Gasteiger partial charge in [0.2, 0.25) is 0 Å². The monoisotopic (exact) mass is 627 g/mol. The van der Waals surface area contributed by atoms with Gasteiger partial charge >= 0.3 is 162 Å². The Labute approximate surface area is 157 Å². The van der Waals surface area contributed by atoms with Crippen molar-refractivity contribution in [2.24, 2.45) is 0 Å². The zero-order chi connectivity index (χ0) is 9.56. The average molecular weight is 627 g/mol. The topological polar surface area (TPSA) is 9.72 Å². The number of hydrogen-bond acceptors (Lipinski definition) is 3. The standard InChI is InChI=1S/C6H14N3.Ra.Rb.Re.H/c1-9(2)6-5-8-4-3-7;;;;/h3-6H2,1-2H3;;;;/q-1;;;+1;. The molecular formula is C6H15N3RaRbRe. The molecular weight excluding hydrogens is 612 g/mol. The van der Waals surface area contributed by atoms with Crippen LogP contribution in [0.25, 0.3) is 0 Å². The Hall–Kier alpha value is 3.82. The van der Waals surface area contributed by atoms with Crippen LogP contribution >= 0.6 is 0 Å². The SMILES string of the molecule is CN(C)CC[N]([Re])CC[N]([Rb])[RaH]. The van der Waals surface area contributed by atoms with Crippen LogP contribution in [0.15, 0.2) is 0 Å². The average Bonchev–Trinajstić information content (AvgIpc) is 1.96. The van der Waals surface area contributed by atoms with E-state index in [0.717, 1.165) is 56.0 Å². The Morgan fingerprint density at radius 3 is 2.08 bits per heavy atom. The van der Waals surface area contributed by atoms with Crippen molar-refractivity contribution in [1.82, 2.24) is 2.61 Å². The van der Waals surface area contributed by atoms with Gasteiger partial charge in [-0.05, 0) is 0 Å². The second kappa shape index (κ2) is 10.0. The van der Waals surface area contributed by atoms with Crippen LogP contribution < -0.4 is 0 Å². The van der Waals surface area contributed by atoms with Crippen LogP contribution in [0.4, 0.5) is 0 Å². The van der Waals surface area contributed by atoms with E-state index in [0.29, 0.717) is 43.2 Å². The van der Waals surface area contributed by atoms with E-state index >= 15 is 0 Å². The van der Waals surface area contributed by atoms with Gasteiger partial charge < -0.3 is 0 Å². The molecule has 0 aromatic heterocycles. The molecule has 0 amide bonds. The number of likely N-dealkylation sites (N-methyl/N-ethyl adjacent to an activating group) is 1. The minimum atomic E-state index is 0.657. The molecule has 12 heavy (non-hydrogen) atoms. The van der Waals surface area contributed by atoms with Gasteiger partial charge in [0.15, 0.2) is 0 Å². The molecule has 0 aliphatic carbocycles. The molecule has 0 aromatic rings. The van der Waals surface area contributed by atoms with Crippen molar-refractivity contribution in [3.8, 4) is 0 Å². The maximum absolute atomic E-state index is 2.66. The van der Waals surface area contributed by atoms with E-state index < -0.39 is 0 Å². The third-order valence-corrected chi connectivity index (χ3v) is 5.73. The van der Waals surface area contributed by atoms with Crippen molar-refractivity contribution in [3.63, 3.8) is 0 Å². The summed E-state index contributed by atoms with van der Waals surface area (Å²) in [6, 6.07) is 0. The predicted molar refractivity (Wildman–Crippen MR) is 44.0 cm³/mol. The Morgan fingerprint density at radius 2 is 1.67 bits per heavy atom. The summed E-state index contributed by atoms with van der Waals surface area (Å²) in [7, 11) is 4.28. The van der Waals surface area contributed by atoms with Gasteiger partial charge in [0.25, 0.3) is 0 Å². The summed E-state index contributed by atoms with van der Waals surface area (Å²) in [5.41, 5.74) is 0. The third-order valence-electron chi connectivity index (χ3n) is 1.58. The molecule has 0 saturated heterocycles. The molecule has 6 heteroatoms. The first kappa shape index (κ1) is 15.8. The molecule has 0 fully saturated rings.